The number of hydrogen-bond acceptors (Lipinski definition) is 6. The Hall–Kier alpha value is -2.58. The summed E-state index contributed by atoms with van der Waals surface area (Å²) in [6, 6.07) is 9.26. The predicted molar refractivity (Wildman–Crippen MR) is 97.1 cm³/mol. The molecule has 1 amide bonds. The van der Waals surface area contributed by atoms with Gasteiger partial charge in [0, 0.05) is 18.0 Å². The predicted octanol–water partition coefficient (Wildman–Crippen LogP) is 2.31. The number of aliphatic hydroxyl groups is 1. The monoisotopic (exact) mass is 369 g/mol. The van der Waals surface area contributed by atoms with Crippen molar-refractivity contribution in [3.8, 4) is 5.82 Å². The first-order chi connectivity index (χ1) is 12.7. The summed E-state index contributed by atoms with van der Waals surface area (Å²) in [5.41, 5.74) is 0.411. The second-order valence-corrected chi connectivity index (χ2v) is 7.32. The van der Waals surface area contributed by atoms with E-state index in [9.17, 15) is 9.90 Å². The van der Waals surface area contributed by atoms with E-state index in [2.05, 4.69) is 15.2 Å². The van der Waals surface area contributed by atoms with Gasteiger partial charge in [0.2, 0.25) is 0 Å². The van der Waals surface area contributed by atoms with E-state index >= 15 is 0 Å². The molecule has 1 saturated heterocycles. The fraction of sp³-hybridized carbons (Fsp3) is 0.333. The smallest absolute Gasteiger partial charge is 0.272 e. The minimum Gasteiger partial charge on any atom is -0.387 e. The van der Waals surface area contributed by atoms with E-state index in [-0.39, 0.29) is 11.8 Å². The van der Waals surface area contributed by atoms with Crippen LogP contribution in [0.3, 0.4) is 0 Å². The fourth-order valence-corrected chi connectivity index (χ4v) is 4.08. The van der Waals surface area contributed by atoms with Gasteiger partial charge in [0.15, 0.2) is 0 Å². The summed E-state index contributed by atoms with van der Waals surface area (Å²) in [7, 11) is 0. The second-order valence-electron chi connectivity index (χ2n) is 6.34. The Kier molecular flexibility index (Phi) is 4.77. The molecule has 1 aliphatic rings. The normalized spacial score (nSPS) is 16.6. The van der Waals surface area contributed by atoms with Crippen LogP contribution < -0.4 is 0 Å². The molecule has 3 aromatic heterocycles. The lowest BCUT2D eigenvalue weighted by atomic mass is 9.90. The van der Waals surface area contributed by atoms with E-state index in [1.54, 1.807) is 34.6 Å². The van der Waals surface area contributed by atoms with Gasteiger partial charge in [-0.25, -0.2) is 4.98 Å². The number of rotatable bonds is 4. The molecule has 8 heteroatoms. The number of thiophene rings is 1. The molecule has 3 aromatic rings. The van der Waals surface area contributed by atoms with Crippen LogP contribution in [0.5, 0.6) is 0 Å². The number of hydrogen-bond donors (Lipinski definition) is 1. The first-order valence-electron chi connectivity index (χ1n) is 8.55. The Bertz CT molecular complexity index is 858. The van der Waals surface area contributed by atoms with Gasteiger partial charge in [0.1, 0.15) is 24.2 Å². The first kappa shape index (κ1) is 16.9. The van der Waals surface area contributed by atoms with Crippen molar-refractivity contribution in [3.63, 3.8) is 0 Å². The molecule has 0 bridgehead atoms. The van der Waals surface area contributed by atoms with Gasteiger partial charge in [-0.05, 0) is 42.3 Å². The number of likely N-dealkylation sites (tertiary alicyclic amines) is 1. The summed E-state index contributed by atoms with van der Waals surface area (Å²) in [4.78, 5) is 20.0. The highest BCUT2D eigenvalue weighted by molar-refractivity contribution is 7.10. The topological polar surface area (TPSA) is 84.1 Å². The Morgan fingerprint density at radius 3 is 2.62 bits per heavy atom. The van der Waals surface area contributed by atoms with E-state index in [4.69, 9.17) is 0 Å². The van der Waals surface area contributed by atoms with Crippen molar-refractivity contribution in [1.29, 1.82) is 0 Å². The molecule has 134 valence electrons. The average molecular weight is 369 g/mol. The van der Waals surface area contributed by atoms with Gasteiger partial charge >= 0.3 is 0 Å². The van der Waals surface area contributed by atoms with Crippen LogP contribution in [0.2, 0.25) is 0 Å². The summed E-state index contributed by atoms with van der Waals surface area (Å²) in [5, 5.41) is 20.0. The SMILES string of the molecule is O=C(c1cccc(-n2cnnc2)n1)N1CCC(C(O)c2cccs2)CC1. The lowest BCUT2D eigenvalue weighted by Gasteiger charge is -2.33. The zero-order valence-corrected chi connectivity index (χ0v) is 14.9. The summed E-state index contributed by atoms with van der Waals surface area (Å²) in [5.74, 6) is 0.724. The number of aliphatic hydroxyl groups excluding tert-OH is 1. The van der Waals surface area contributed by atoms with Crippen LogP contribution in [-0.4, -0.2) is 48.8 Å². The average Bonchev–Trinajstić information content (AvgIpc) is 3.41. The molecule has 1 unspecified atom stereocenters. The van der Waals surface area contributed by atoms with Crippen LogP contribution in [0, 0.1) is 5.92 Å². The molecular formula is C18H19N5O2S. The molecule has 26 heavy (non-hydrogen) atoms. The van der Waals surface area contributed by atoms with Crippen molar-refractivity contribution < 1.29 is 9.90 Å². The second kappa shape index (κ2) is 7.35. The number of aromatic nitrogens is 4. The summed E-state index contributed by atoms with van der Waals surface area (Å²) < 4.78 is 1.67. The molecule has 1 fully saturated rings. The van der Waals surface area contributed by atoms with Gasteiger partial charge in [-0.3, -0.25) is 9.36 Å². The fourth-order valence-electron chi connectivity index (χ4n) is 3.28. The van der Waals surface area contributed by atoms with E-state index < -0.39 is 6.10 Å². The van der Waals surface area contributed by atoms with Crippen LogP contribution in [0.15, 0.2) is 48.4 Å². The number of amides is 1. The number of carbonyl (C=O) groups is 1. The van der Waals surface area contributed by atoms with Crippen molar-refractivity contribution in [3.05, 3.63) is 58.9 Å². The maximum atomic E-state index is 12.8. The minimum atomic E-state index is -0.442. The molecule has 4 rings (SSSR count). The standard InChI is InChI=1S/C18H19N5O2S/c24-17(15-4-2-10-26-15)13-6-8-22(9-7-13)18(25)14-3-1-5-16(21-14)23-11-19-20-12-23/h1-5,10-13,17,24H,6-9H2. The third-order valence-electron chi connectivity index (χ3n) is 4.74. The molecule has 0 aliphatic carbocycles. The largest absolute Gasteiger partial charge is 0.387 e. The molecule has 1 N–H and O–H groups in total. The van der Waals surface area contributed by atoms with Crippen molar-refractivity contribution in [2.45, 2.75) is 18.9 Å². The number of carbonyl (C=O) groups excluding carboxylic acids is 1. The number of nitrogens with zero attached hydrogens (tertiary/aromatic N) is 5. The van der Waals surface area contributed by atoms with E-state index in [0.29, 0.717) is 24.6 Å². The van der Waals surface area contributed by atoms with Gasteiger partial charge in [-0.2, -0.15) is 0 Å². The third kappa shape index (κ3) is 3.38. The molecule has 1 atom stereocenters. The maximum absolute atomic E-state index is 12.8. The van der Waals surface area contributed by atoms with Crippen LogP contribution in [0.25, 0.3) is 5.82 Å². The Balaban J connectivity index is 1.42. The van der Waals surface area contributed by atoms with Gasteiger partial charge < -0.3 is 10.0 Å². The number of pyridine rings is 1. The van der Waals surface area contributed by atoms with Crippen LogP contribution in [0.1, 0.15) is 34.3 Å². The highest BCUT2D eigenvalue weighted by atomic mass is 32.1. The number of piperidine rings is 1. The van der Waals surface area contributed by atoms with Crippen molar-refractivity contribution in [2.75, 3.05) is 13.1 Å². The van der Waals surface area contributed by atoms with Gasteiger partial charge in [-0.15, -0.1) is 21.5 Å². The third-order valence-corrected chi connectivity index (χ3v) is 5.69. The molecule has 0 saturated carbocycles. The van der Waals surface area contributed by atoms with Gasteiger partial charge in [-0.1, -0.05) is 12.1 Å². The lowest BCUT2D eigenvalue weighted by molar-refractivity contribution is 0.0470. The molecular weight excluding hydrogens is 350 g/mol. The minimum absolute atomic E-state index is 0.0796. The summed E-state index contributed by atoms with van der Waals surface area (Å²) in [6.07, 6.45) is 4.23. The van der Waals surface area contributed by atoms with E-state index in [1.807, 2.05) is 34.5 Å². The zero-order chi connectivity index (χ0) is 17.9. The van der Waals surface area contributed by atoms with Crippen molar-refractivity contribution >= 4 is 17.2 Å². The van der Waals surface area contributed by atoms with E-state index in [1.165, 1.54) is 0 Å². The molecule has 1 aliphatic heterocycles. The molecule has 4 heterocycles. The van der Waals surface area contributed by atoms with Crippen LogP contribution >= 0.6 is 11.3 Å². The highest BCUT2D eigenvalue weighted by Gasteiger charge is 2.29. The van der Waals surface area contributed by atoms with Crippen LogP contribution in [0.4, 0.5) is 0 Å². The van der Waals surface area contributed by atoms with Gasteiger partial charge in [0.25, 0.3) is 5.91 Å². The molecule has 0 radical (unpaired) electrons. The lowest BCUT2D eigenvalue weighted by Crippen LogP contribution is -2.40. The maximum Gasteiger partial charge on any atom is 0.272 e. The summed E-state index contributed by atoms with van der Waals surface area (Å²) >= 11 is 1.58. The summed E-state index contributed by atoms with van der Waals surface area (Å²) in [6.45, 7) is 1.26. The molecule has 0 spiro atoms. The van der Waals surface area contributed by atoms with E-state index in [0.717, 1.165) is 17.7 Å². The van der Waals surface area contributed by atoms with Gasteiger partial charge in [0.05, 0.1) is 6.10 Å². The molecule has 7 nitrogen and oxygen atoms in total. The Labute approximate surface area is 154 Å². The Morgan fingerprint density at radius 2 is 1.92 bits per heavy atom. The zero-order valence-electron chi connectivity index (χ0n) is 14.1. The Morgan fingerprint density at radius 1 is 1.15 bits per heavy atom. The van der Waals surface area contributed by atoms with Crippen molar-refractivity contribution in [1.82, 2.24) is 24.6 Å². The highest BCUT2D eigenvalue weighted by Crippen LogP contribution is 2.33. The van der Waals surface area contributed by atoms with Crippen LogP contribution in [-0.2, 0) is 0 Å². The molecule has 0 aromatic carbocycles. The first-order valence-corrected chi connectivity index (χ1v) is 9.43. The quantitative estimate of drug-likeness (QED) is 0.763. The van der Waals surface area contributed by atoms with Crippen molar-refractivity contribution in [2.24, 2.45) is 5.92 Å².